The number of aryl methyl sites for hydroxylation is 1. The van der Waals surface area contributed by atoms with Gasteiger partial charge in [0.05, 0.1) is 24.0 Å². The predicted octanol–water partition coefficient (Wildman–Crippen LogP) is 3.51. The number of fused-ring (bicyclic) bond motifs is 3. The van der Waals surface area contributed by atoms with E-state index >= 15 is 0 Å². The van der Waals surface area contributed by atoms with Crippen molar-refractivity contribution < 1.29 is 24.2 Å². The Hall–Kier alpha value is -2.15. The van der Waals surface area contributed by atoms with E-state index in [1.54, 1.807) is 6.92 Å². The van der Waals surface area contributed by atoms with Gasteiger partial charge in [-0.2, -0.15) is 0 Å². The number of thiophene rings is 1. The van der Waals surface area contributed by atoms with Crippen LogP contribution in [0.5, 0.6) is 0 Å². The van der Waals surface area contributed by atoms with Gasteiger partial charge in [-0.3, -0.25) is 9.59 Å². The van der Waals surface area contributed by atoms with Gasteiger partial charge < -0.3 is 15.2 Å². The Morgan fingerprint density at radius 1 is 1.25 bits per heavy atom. The lowest BCUT2D eigenvalue weighted by Crippen LogP contribution is -2.36. The lowest BCUT2D eigenvalue weighted by molar-refractivity contribution is -0.146. The van der Waals surface area contributed by atoms with Gasteiger partial charge in [0.15, 0.2) is 0 Å². The minimum absolute atomic E-state index is 0.0493. The van der Waals surface area contributed by atoms with Crippen molar-refractivity contribution in [3.8, 4) is 0 Å². The molecule has 0 unspecified atom stereocenters. The van der Waals surface area contributed by atoms with Gasteiger partial charge in [-0.1, -0.05) is 19.1 Å². The number of amides is 1. The zero-order valence-corrected chi connectivity index (χ0v) is 16.9. The fraction of sp³-hybridized carbons (Fsp3) is 0.571. The molecule has 2 bridgehead atoms. The van der Waals surface area contributed by atoms with Crippen LogP contribution < -0.4 is 5.32 Å². The Balaban J connectivity index is 1.64. The first kappa shape index (κ1) is 19.2. The second kappa shape index (κ2) is 7.35. The molecule has 1 aromatic rings. The van der Waals surface area contributed by atoms with E-state index in [9.17, 15) is 19.5 Å². The van der Waals surface area contributed by atoms with Crippen molar-refractivity contribution in [2.45, 2.75) is 39.5 Å². The summed E-state index contributed by atoms with van der Waals surface area (Å²) in [6, 6.07) is 0. The number of anilines is 1. The van der Waals surface area contributed by atoms with Gasteiger partial charge in [-0.15, -0.1) is 11.3 Å². The number of carboxylic acid groups (broad SMARTS) is 1. The lowest BCUT2D eigenvalue weighted by atomic mass is 9.82. The molecule has 3 aliphatic carbocycles. The molecule has 6 nitrogen and oxygen atoms in total. The normalized spacial score (nSPS) is 30.1. The topological polar surface area (TPSA) is 92.7 Å². The smallest absolute Gasteiger partial charge is 0.341 e. The number of rotatable bonds is 5. The highest BCUT2D eigenvalue weighted by Crippen LogP contribution is 2.49. The van der Waals surface area contributed by atoms with Crippen LogP contribution in [0.1, 0.15) is 47.5 Å². The van der Waals surface area contributed by atoms with Gasteiger partial charge in [0, 0.05) is 4.88 Å². The maximum absolute atomic E-state index is 13.1. The third-order valence-corrected chi connectivity index (χ3v) is 7.48. The monoisotopic (exact) mass is 403 g/mol. The summed E-state index contributed by atoms with van der Waals surface area (Å²) in [4.78, 5) is 38.6. The molecule has 1 amide bonds. The number of carboxylic acids is 1. The number of carbonyl (C=O) groups excluding carboxylic acids is 2. The molecule has 1 fully saturated rings. The van der Waals surface area contributed by atoms with Crippen LogP contribution in [0, 0.1) is 29.6 Å². The van der Waals surface area contributed by atoms with E-state index in [0.717, 1.165) is 29.7 Å². The number of aliphatic carboxylic acids is 1. The zero-order chi connectivity index (χ0) is 20.0. The molecule has 2 N–H and O–H groups in total. The summed E-state index contributed by atoms with van der Waals surface area (Å²) in [5.74, 6) is -2.59. The van der Waals surface area contributed by atoms with Crippen LogP contribution in [0.3, 0.4) is 0 Å². The molecule has 0 aliphatic heterocycles. The van der Waals surface area contributed by atoms with Gasteiger partial charge in [0.2, 0.25) is 5.91 Å². The average Bonchev–Trinajstić information content (AvgIpc) is 3.33. The largest absolute Gasteiger partial charge is 0.481 e. The van der Waals surface area contributed by atoms with Crippen LogP contribution in [-0.4, -0.2) is 29.6 Å². The Bertz CT molecular complexity index is 857. The van der Waals surface area contributed by atoms with Crippen LogP contribution in [0.4, 0.5) is 5.00 Å². The highest BCUT2D eigenvalue weighted by molar-refractivity contribution is 7.17. The van der Waals surface area contributed by atoms with E-state index in [1.165, 1.54) is 11.3 Å². The average molecular weight is 404 g/mol. The van der Waals surface area contributed by atoms with Gasteiger partial charge >= 0.3 is 11.9 Å². The number of esters is 1. The molecule has 1 aromatic heterocycles. The molecule has 4 rings (SSSR count). The molecule has 5 atom stereocenters. The summed E-state index contributed by atoms with van der Waals surface area (Å²) in [5.41, 5.74) is 1.45. The van der Waals surface area contributed by atoms with E-state index in [-0.39, 0.29) is 24.3 Å². The Labute approximate surface area is 168 Å². The minimum Gasteiger partial charge on any atom is -0.481 e. The molecule has 28 heavy (non-hydrogen) atoms. The molecule has 150 valence electrons. The van der Waals surface area contributed by atoms with Crippen LogP contribution in [0.2, 0.25) is 0 Å². The molecular formula is C21H25NO5S. The van der Waals surface area contributed by atoms with Crippen LogP contribution >= 0.6 is 11.3 Å². The van der Waals surface area contributed by atoms with Crippen molar-refractivity contribution in [3.05, 3.63) is 28.2 Å². The Morgan fingerprint density at radius 2 is 1.96 bits per heavy atom. The highest BCUT2D eigenvalue weighted by atomic mass is 32.1. The van der Waals surface area contributed by atoms with Gasteiger partial charge in [-0.05, 0) is 55.9 Å². The maximum atomic E-state index is 13.1. The fourth-order valence-electron chi connectivity index (χ4n) is 4.98. The second-order valence-corrected chi connectivity index (χ2v) is 9.21. The Morgan fingerprint density at radius 3 is 2.64 bits per heavy atom. The van der Waals surface area contributed by atoms with Crippen molar-refractivity contribution >= 4 is 34.2 Å². The summed E-state index contributed by atoms with van der Waals surface area (Å²) < 4.78 is 5.26. The maximum Gasteiger partial charge on any atom is 0.341 e. The van der Waals surface area contributed by atoms with Crippen LogP contribution in [0.15, 0.2) is 12.2 Å². The highest BCUT2D eigenvalue weighted by Gasteiger charge is 2.51. The number of ether oxygens (including phenoxy) is 1. The van der Waals surface area contributed by atoms with E-state index in [1.807, 2.05) is 12.2 Å². The number of nitrogens with one attached hydrogen (secondary N) is 1. The van der Waals surface area contributed by atoms with Crippen molar-refractivity contribution in [1.29, 1.82) is 0 Å². The molecule has 1 heterocycles. The van der Waals surface area contributed by atoms with Crippen LogP contribution in [0.25, 0.3) is 0 Å². The summed E-state index contributed by atoms with van der Waals surface area (Å²) in [6.07, 6.45) is 7.33. The van der Waals surface area contributed by atoms with Crippen molar-refractivity contribution in [3.63, 3.8) is 0 Å². The predicted molar refractivity (Wildman–Crippen MR) is 105 cm³/mol. The van der Waals surface area contributed by atoms with Gasteiger partial charge in [0.1, 0.15) is 5.00 Å². The third-order valence-electron chi connectivity index (χ3n) is 6.27. The molecular weight excluding hydrogens is 378 g/mol. The number of hydrogen-bond acceptors (Lipinski definition) is 5. The second-order valence-electron chi connectivity index (χ2n) is 8.10. The number of allylic oxidation sites excluding steroid dienone is 2. The summed E-state index contributed by atoms with van der Waals surface area (Å²) in [5, 5.41) is 13.0. The van der Waals surface area contributed by atoms with Crippen LogP contribution in [-0.2, 0) is 27.2 Å². The van der Waals surface area contributed by atoms with Crippen molar-refractivity contribution in [2.24, 2.45) is 29.6 Å². The van der Waals surface area contributed by atoms with Gasteiger partial charge in [0.25, 0.3) is 0 Å². The first-order chi connectivity index (χ1) is 13.4. The molecule has 0 aromatic carbocycles. The molecule has 0 radical (unpaired) electrons. The SMILES string of the molecule is CCOC(=O)c1c(NC(=O)[C@H]2[C@H](C(=O)O)[C@H]3C=C[C@H]2C3)sc2c1C[C@H](C)CC2. The van der Waals surface area contributed by atoms with Crippen molar-refractivity contribution in [2.75, 3.05) is 11.9 Å². The zero-order valence-electron chi connectivity index (χ0n) is 16.1. The molecule has 3 aliphatic rings. The summed E-state index contributed by atoms with van der Waals surface area (Å²) in [7, 11) is 0. The minimum atomic E-state index is -0.929. The lowest BCUT2D eigenvalue weighted by Gasteiger charge is -2.23. The molecule has 0 saturated heterocycles. The standard InChI is InChI=1S/C21H25NO5S/c1-3-27-21(26)17-13-8-10(2)4-7-14(13)28-19(17)22-18(23)15-11-5-6-12(9-11)16(15)20(24)25/h5-6,10-12,15-16H,3-4,7-9H2,1-2H3,(H,22,23)(H,24,25)/t10-,11+,12+,15-,16-/m1/s1. The van der Waals surface area contributed by atoms with E-state index in [4.69, 9.17) is 4.74 Å². The quantitative estimate of drug-likeness (QED) is 0.580. The molecule has 1 saturated carbocycles. The number of carbonyl (C=O) groups is 3. The van der Waals surface area contributed by atoms with E-state index < -0.39 is 23.8 Å². The first-order valence-electron chi connectivity index (χ1n) is 9.94. The fourth-order valence-corrected chi connectivity index (χ4v) is 6.21. The summed E-state index contributed by atoms with van der Waals surface area (Å²) in [6.45, 7) is 4.19. The first-order valence-corrected chi connectivity index (χ1v) is 10.8. The Kier molecular flexibility index (Phi) is 5.04. The molecule has 7 heteroatoms. The third kappa shape index (κ3) is 3.15. The summed E-state index contributed by atoms with van der Waals surface area (Å²) >= 11 is 1.44. The molecule has 0 spiro atoms. The van der Waals surface area contributed by atoms with E-state index in [2.05, 4.69) is 12.2 Å². The van der Waals surface area contributed by atoms with Gasteiger partial charge in [-0.25, -0.2) is 4.79 Å². The van der Waals surface area contributed by atoms with Crippen molar-refractivity contribution in [1.82, 2.24) is 0 Å². The van der Waals surface area contributed by atoms with E-state index in [0.29, 0.717) is 22.9 Å². The number of hydrogen-bond donors (Lipinski definition) is 2.